The number of allylic oxidation sites excluding steroid dienone is 1. The minimum atomic E-state index is -0.368. The van der Waals surface area contributed by atoms with Crippen LogP contribution in [0, 0.1) is 5.82 Å². The van der Waals surface area contributed by atoms with Crippen LogP contribution in [0.2, 0.25) is 5.02 Å². The van der Waals surface area contributed by atoms with Crippen molar-refractivity contribution in [1.29, 1.82) is 0 Å². The molecule has 1 aliphatic carbocycles. The molecule has 0 bridgehead atoms. The van der Waals surface area contributed by atoms with E-state index in [1.54, 1.807) is 12.1 Å². The summed E-state index contributed by atoms with van der Waals surface area (Å²) in [4.78, 5) is 11.6. The van der Waals surface area contributed by atoms with Gasteiger partial charge in [-0.25, -0.2) is 4.39 Å². The van der Waals surface area contributed by atoms with Crippen LogP contribution >= 0.6 is 11.6 Å². The Morgan fingerprint density at radius 3 is 2.71 bits per heavy atom. The maximum absolute atomic E-state index is 13.5. The van der Waals surface area contributed by atoms with Crippen molar-refractivity contribution >= 4 is 17.6 Å². The van der Waals surface area contributed by atoms with E-state index in [2.05, 4.69) is 6.58 Å². The van der Waals surface area contributed by atoms with Crippen LogP contribution < -0.4 is 0 Å². The molecule has 1 aliphatic rings. The molecule has 1 saturated carbocycles. The fourth-order valence-electron chi connectivity index (χ4n) is 2.75. The SMILES string of the molecule is C=CCCC(=O)OC1CCC(c2ccc(Cl)c(F)c2)CC1. The molecule has 0 heterocycles. The van der Waals surface area contributed by atoms with Gasteiger partial charge >= 0.3 is 5.97 Å². The van der Waals surface area contributed by atoms with Crippen LogP contribution in [-0.4, -0.2) is 12.1 Å². The molecule has 0 N–H and O–H groups in total. The summed E-state index contributed by atoms with van der Waals surface area (Å²) in [5, 5.41) is 0.156. The molecule has 2 nitrogen and oxygen atoms in total. The number of hydrogen-bond acceptors (Lipinski definition) is 2. The number of esters is 1. The zero-order valence-corrected chi connectivity index (χ0v) is 12.7. The van der Waals surface area contributed by atoms with Crippen LogP contribution in [0.4, 0.5) is 4.39 Å². The topological polar surface area (TPSA) is 26.3 Å². The van der Waals surface area contributed by atoms with E-state index in [9.17, 15) is 9.18 Å². The molecule has 0 unspecified atom stereocenters. The Morgan fingerprint density at radius 2 is 2.10 bits per heavy atom. The van der Waals surface area contributed by atoms with Gasteiger partial charge in [0.2, 0.25) is 0 Å². The van der Waals surface area contributed by atoms with Gasteiger partial charge in [0.1, 0.15) is 11.9 Å². The molecule has 1 aromatic carbocycles. The molecule has 2 rings (SSSR count). The average Bonchev–Trinajstić information content (AvgIpc) is 2.49. The molecular weight excluding hydrogens is 291 g/mol. The zero-order valence-electron chi connectivity index (χ0n) is 12.0. The van der Waals surface area contributed by atoms with Crippen molar-refractivity contribution in [3.63, 3.8) is 0 Å². The lowest BCUT2D eigenvalue weighted by molar-refractivity contribution is -0.150. The van der Waals surface area contributed by atoms with Gasteiger partial charge in [0.25, 0.3) is 0 Å². The Bertz CT molecular complexity index is 508. The first-order chi connectivity index (χ1) is 10.1. The molecule has 0 spiro atoms. The lowest BCUT2D eigenvalue weighted by Gasteiger charge is -2.28. The standard InChI is InChI=1S/C17H20ClFO2/c1-2-3-4-17(20)21-14-8-5-12(6-9-14)13-7-10-15(18)16(19)11-13/h2,7,10-12,14H,1,3-6,8-9H2. The van der Waals surface area contributed by atoms with Gasteiger partial charge in [0, 0.05) is 6.42 Å². The molecule has 1 aromatic rings. The molecular formula is C17H20ClFO2. The second-order valence-corrected chi connectivity index (χ2v) is 5.87. The van der Waals surface area contributed by atoms with Gasteiger partial charge in [0.05, 0.1) is 5.02 Å². The van der Waals surface area contributed by atoms with Crippen LogP contribution in [0.25, 0.3) is 0 Å². The minimum absolute atomic E-state index is 0.00397. The third-order valence-corrected chi connectivity index (χ3v) is 4.25. The fourth-order valence-corrected chi connectivity index (χ4v) is 2.86. The van der Waals surface area contributed by atoms with Crippen molar-refractivity contribution < 1.29 is 13.9 Å². The van der Waals surface area contributed by atoms with E-state index in [1.165, 1.54) is 6.07 Å². The van der Waals surface area contributed by atoms with E-state index in [0.717, 1.165) is 31.2 Å². The second kappa shape index (κ2) is 7.60. The van der Waals surface area contributed by atoms with Crippen molar-refractivity contribution in [2.45, 2.75) is 50.5 Å². The summed E-state index contributed by atoms with van der Waals surface area (Å²) in [5.41, 5.74) is 0.980. The Kier molecular flexibility index (Phi) is 5.80. The lowest BCUT2D eigenvalue weighted by atomic mass is 9.82. The highest BCUT2D eigenvalue weighted by atomic mass is 35.5. The van der Waals surface area contributed by atoms with Crippen molar-refractivity contribution in [2.24, 2.45) is 0 Å². The number of ether oxygens (including phenoxy) is 1. The molecule has 21 heavy (non-hydrogen) atoms. The number of hydrogen-bond donors (Lipinski definition) is 0. The van der Waals surface area contributed by atoms with Crippen LogP contribution in [0.5, 0.6) is 0 Å². The molecule has 4 heteroatoms. The highest BCUT2D eigenvalue weighted by molar-refractivity contribution is 6.30. The summed E-state index contributed by atoms with van der Waals surface area (Å²) in [7, 11) is 0. The Labute approximate surface area is 129 Å². The van der Waals surface area contributed by atoms with Crippen molar-refractivity contribution in [1.82, 2.24) is 0 Å². The molecule has 0 aliphatic heterocycles. The van der Waals surface area contributed by atoms with Gasteiger partial charge in [-0.1, -0.05) is 23.7 Å². The van der Waals surface area contributed by atoms with E-state index < -0.39 is 0 Å². The summed E-state index contributed by atoms with van der Waals surface area (Å²) in [6.07, 6.45) is 6.22. The predicted octanol–water partition coefficient (Wildman–Crippen LogP) is 5.01. The van der Waals surface area contributed by atoms with Crippen LogP contribution in [0.3, 0.4) is 0 Å². The van der Waals surface area contributed by atoms with E-state index in [4.69, 9.17) is 16.3 Å². The summed E-state index contributed by atoms with van der Waals surface area (Å²) < 4.78 is 18.9. The van der Waals surface area contributed by atoms with Crippen molar-refractivity contribution in [3.8, 4) is 0 Å². The first-order valence-electron chi connectivity index (χ1n) is 7.35. The number of halogens is 2. The van der Waals surface area contributed by atoms with E-state index in [0.29, 0.717) is 18.8 Å². The monoisotopic (exact) mass is 310 g/mol. The summed E-state index contributed by atoms with van der Waals surface area (Å²) in [6.45, 7) is 3.59. The zero-order chi connectivity index (χ0) is 15.2. The Morgan fingerprint density at radius 1 is 1.38 bits per heavy atom. The molecule has 1 fully saturated rings. The molecule has 0 aromatic heterocycles. The van der Waals surface area contributed by atoms with E-state index >= 15 is 0 Å². The van der Waals surface area contributed by atoms with E-state index in [1.807, 2.05) is 6.07 Å². The van der Waals surface area contributed by atoms with Gasteiger partial charge in [0.15, 0.2) is 0 Å². The third kappa shape index (κ3) is 4.57. The van der Waals surface area contributed by atoms with Gasteiger partial charge < -0.3 is 4.74 Å². The van der Waals surface area contributed by atoms with Crippen LogP contribution in [-0.2, 0) is 9.53 Å². The Hall–Kier alpha value is -1.35. The van der Waals surface area contributed by atoms with Crippen LogP contribution in [0.1, 0.15) is 50.0 Å². The first kappa shape index (κ1) is 16.0. The highest BCUT2D eigenvalue weighted by Gasteiger charge is 2.25. The molecule has 0 atom stereocenters. The third-order valence-electron chi connectivity index (χ3n) is 3.94. The summed E-state index contributed by atoms with van der Waals surface area (Å²) in [5.74, 6) is -0.206. The number of benzene rings is 1. The van der Waals surface area contributed by atoms with Gasteiger partial charge in [-0.2, -0.15) is 0 Å². The van der Waals surface area contributed by atoms with Crippen molar-refractivity contribution in [3.05, 3.63) is 47.3 Å². The number of rotatable bonds is 5. The molecule has 114 valence electrons. The van der Waals surface area contributed by atoms with Crippen LogP contribution in [0.15, 0.2) is 30.9 Å². The van der Waals surface area contributed by atoms with Gasteiger partial charge in [-0.3, -0.25) is 4.79 Å². The Balaban J connectivity index is 1.84. The molecule has 0 saturated heterocycles. The summed E-state index contributed by atoms with van der Waals surface area (Å²) >= 11 is 5.70. The van der Waals surface area contributed by atoms with Gasteiger partial charge in [-0.05, 0) is 55.7 Å². The predicted molar refractivity (Wildman–Crippen MR) is 81.9 cm³/mol. The average molecular weight is 311 g/mol. The summed E-state index contributed by atoms with van der Waals surface area (Å²) in [6, 6.07) is 5.00. The van der Waals surface area contributed by atoms with E-state index in [-0.39, 0.29) is 22.9 Å². The second-order valence-electron chi connectivity index (χ2n) is 5.46. The molecule has 0 radical (unpaired) electrons. The number of carbonyl (C=O) groups excluding carboxylic acids is 1. The highest BCUT2D eigenvalue weighted by Crippen LogP contribution is 2.35. The minimum Gasteiger partial charge on any atom is -0.462 e. The lowest BCUT2D eigenvalue weighted by Crippen LogP contribution is -2.23. The molecule has 0 amide bonds. The maximum Gasteiger partial charge on any atom is 0.306 e. The fraction of sp³-hybridized carbons (Fsp3) is 0.471. The largest absolute Gasteiger partial charge is 0.462 e. The number of carbonyl (C=O) groups is 1. The maximum atomic E-state index is 13.5. The van der Waals surface area contributed by atoms with Crippen molar-refractivity contribution in [2.75, 3.05) is 0 Å². The first-order valence-corrected chi connectivity index (χ1v) is 7.73. The normalized spacial score (nSPS) is 21.8. The smallest absolute Gasteiger partial charge is 0.306 e. The quantitative estimate of drug-likeness (QED) is 0.564. The van der Waals surface area contributed by atoms with Gasteiger partial charge in [-0.15, -0.1) is 6.58 Å².